The molecule has 1 aromatic heterocycles. The monoisotopic (exact) mass is 248 g/mol. The average molecular weight is 248 g/mol. The summed E-state index contributed by atoms with van der Waals surface area (Å²) in [5, 5.41) is 3.74. The van der Waals surface area contributed by atoms with Gasteiger partial charge in [-0.05, 0) is 18.6 Å². The van der Waals surface area contributed by atoms with Crippen LogP contribution in [0.1, 0.15) is 25.7 Å². The summed E-state index contributed by atoms with van der Waals surface area (Å²) in [6, 6.07) is 5.92. The summed E-state index contributed by atoms with van der Waals surface area (Å²) in [6.07, 6.45) is 1.43. The fraction of sp³-hybridized carbons (Fsp3) is 0.308. The van der Waals surface area contributed by atoms with Gasteiger partial charge in [-0.2, -0.15) is 4.98 Å². The van der Waals surface area contributed by atoms with Gasteiger partial charge in [0.1, 0.15) is 11.6 Å². The normalized spacial score (nSPS) is 10.6. The molecule has 0 radical (unpaired) electrons. The molecule has 0 spiro atoms. The first-order chi connectivity index (χ1) is 8.69. The number of rotatable bonds is 5. The number of halogens is 1. The number of benzene rings is 1. The zero-order chi connectivity index (χ0) is 13.0. The van der Waals surface area contributed by atoms with E-state index in [1.807, 2.05) is 6.92 Å². The van der Waals surface area contributed by atoms with Crippen molar-refractivity contribution in [3.05, 3.63) is 36.0 Å². The van der Waals surface area contributed by atoms with Crippen molar-refractivity contribution in [1.29, 1.82) is 0 Å². The highest BCUT2D eigenvalue weighted by Gasteiger charge is 2.12. The average Bonchev–Trinajstić information content (AvgIpc) is 2.78. The predicted octanol–water partition coefficient (Wildman–Crippen LogP) is 2.79. The van der Waals surface area contributed by atoms with E-state index in [1.165, 1.54) is 12.1 Å². The van der Waals surface area contributed by atoms with Crippen molar-refractivity contribution < 1.29 is 13.7 Å². The molecule has 2 rings (SSSR count). The lowest BCUT2D eigenvalue weighted by atomic mass is 10.2. The van der Waals surface area contributed by atoms with Gasteiger partial charge in [0.2, 0.25) is 11.7 Å². The molecule has 94 valence electrons. The second-order valence-electron chi connectivity index (χ2n) is 3.99. The van der Waals surface area contributed by atoms with E-state index < -0.39 is 0 Å². The summed E-state index contributed by atoms with van der Waals surface area (Å²) < 4.78 is 18.0. The fourth-order valence-corrected chi connectivity index (χ4v) is 1.61. The van der Waals surface area contributed by atoms with Crippen LogP contribution in [0, 0.1) is 5.82 Å². The van der Waals surface area contributed by atoms with Crippen molar-refractivity contribution in [1.82, 2.24) is 10.1 Å². The smallest absolute Gasteiger partial charge is 0.234 e. The van der Waals surface area contributed by atoms with Crippen molar-refractivity contribution in [3.8, 4) is 11.4 Å². The molecule has 0 N–H and O–H groups in total. The quantitative estimate of drug-likeness (QED) is 0.816. The molecule has 0 unspecified atom stereocenters. The summed E-state index contributed by atoms with van der Waals surface area (Å²) in [7, 11) is 0. The minimum absolute atomic E-state index is 0.0620. The van der Waals surface area contributed by atoms with Crippen LogP contribution in [0.5, 0.6) is 0 Å². The zero-order valence-corrected chi connectivity index (χ0v) is 10.0. The highest BCUT2D eigenvalue weighted by Crippen LogP contribution is 2.17. The molecular weight excluding hydrogens is 235 g/mol. The number of ketones is 1. The Hall–Kier alpha value is -2.04. The molecule has 0 bridgehead atoms. The predicted molar refractivity (Wildman–Crippen MR) is 63.3 cm³/mol. The molecule has 1 aromatic carbocycles. The molecule has 5 heteroatoms. The van der Waals surface area contributed by atoms with Gasteiger partial charge in [-0.25, -0.2) is 4.39 Å². The topological polar surface area (TPSA) is 56.0 Å². The van der Waals surface area contributed by atoms with Crippen LogP contribution in [0.15, 0.2) is 28.8 Å². The first-order valence-corrected chi connectivity index (χ1v) is 5.79. The Morgan fingerprint density at radius 3 is 3.00 bits per heavy atom. The summed E-state index contributed by atoms with van der Waals surface area (Å²) in [6.45, 7) is 1.93. The van der Waals surface area contributed by atoms with E-state index in [-0.39, 0.29) is 23.9 Å². The number of hydrogen-bond donors (Lipinski definition) is 0. The highest BCUT2D eigenvalue weighted by atomic mass is 19.1. The van der Waals surface area contributed by atoms with Crippen LogP contribution in [0.2, 0.25) is 0 Å². The third-order valence-electron chi connectivity index (χ3n) is 2.43. The van der Waals surface area contributed by atoms with E-state index in [1.54, 1.807) is 12.1 Å². The van der Waals surface area contributed by atoms with Crippen LogP contribution in [-0.2, 0) is 11.2 Å². The molecule has 1 heterocycles. The van der Waals surface area contributed by atoms with E-state index in [4.69, 9.17) is 4.52 Å². The number of aromatic nitrogens is 2. The van der Waals surface area contributed by atoms with Crippen LogP contribution in [0.25, 0.3) is 11.4 Å². The maximum Gasteiger partial charge on any atom is 0.234 e. The molecule has 0 fully saturated rings. The Morgan fingerprint density at radius 1 is 1.44 bits per heavy atom. The van der Waals surface area contributed by atoms with Crippen molar-refractivity contribution in [2.75, 3.05) is 0 Å². The lowest BCUT2D eigenvalue weighted by molar-refractivity contribution is -0.118. The minimum atomic E-state index is -0.360. The number of Topliss-reactive ketones (excluding diaryl/α,β-unsaturated/α-hetero) is 1. The van der Waals surface area contributed by atoms with Crippen LogP contribution in [0.4, 0.5) is 4.39 Å². The first-order valence-electron chi connectivity index (χ1n) is 5.79. The van der Waals surface area contributed by atoms with Crippen LogP contribution in [0.3, 0.4) is 0 Å². The van der Waals surface area contributed by atoms with E-state index in [0.29, 0.717) is 17.8 Å². The summed E-state index contributed by atoms with van der Waals surface area (Å²) in [5.41, 5.74) is 0.535. The molecule has 0 saturated heterocycles. The number of carbonyl (C=O) groups is 1. The molecule has 4 nitrogen and oxygen atoms in total. The molecule has 18 heavy (non-hydrogen) atoms. The lowest BCUT2D eigenvalue weighted by Crippen LogP contribution is -2.01. The Morgan fingerprint density at radius 2 is 2.28 bits per heavy atom. The van der Waals surface area contributed by atoms with Crippen molar-refractivity contribution in [2.24, 2.45) is 0 Å². The van der Waals surface area contributed by atoms with Gasteiger partial charge in [0.25, 0.3) is 0 Å². The van der Waals surface area contributed by atoms with E-state index in [9.17, 15) is 9.18 Å². The largest absolute Gasteiger partial charge is 0.339 e. The summed E-state index contributed by atoms with van der Waals surface area (Å²) >= 11 is 0. The third-order valence-corrected chi connectivity index (χ3v) is 2.43. The maximum atomic E-state index is 13.0. The van der Waals surface area contributed by atoms with Gasteiger partial charge in [0.05, 0.1) is 6.42 Å². The maximum absolute atomic E-state index is 13.0. The number of nitrogens with zero attached hydrogens (tertiary/aromatic N) is 2. The molecular formula is C13H13FN2O2. The van der Waals surface area contributed by atoms with E-state index in [0.717, 1.165) is 6.42 Å². The molecule has 0 amide bonds. The molecule has 0 saturated carbocycles. The van der Waals surface area contributed by atoms with Crippen LogP contribution < -0.4 is 0 Å². The Labute approximate surface area is 104 Å². The van der Waals surface area contributed by atoms with Crippen LogP contribution >= 0.6 is 0 Å². The third kappa shape index (κ3) is 3.00. The molecule has 0 aliphatic rings. The number of hydrogen-bond acceptors (Lipinski definition) is 4. The standard InChI is InChI=1S/C13H13FN2O2/c1-2-4-11(17)8-12-15-13(16-18-12)9-5-3-6-10(14)7-9/h3,5-7H,2,4,8H2,1H3. The molecule has 0 atom stereocenters. The van der Waals surface area contributed by atoms with Crippen LogP contribution in [-0.4, -0.2) is 15.9 Å². The summed E-state index contributed by atoms with van der Waals surface area (Å²) in [4.78, 5) is 15.5. The van der Waals surface area contributed by atoms with Gasteiger partial charge >= 0.3 is 0 Å². The molecule has 0 aliphatic heterocycles. The van der Waals surface area contributed by atoms with Gasteiger partial charge in [-0.1, -0.05) is 24.2 Å². The lowest BCUT2D eigenvalue weighted by Gasteiger charge is -1.93. The van der Waals surface area contributed by atoms with Gasteiger partial charge < -0.3 is 4.52 Å². The highest BCUT2D eigenvalue weighted by molar-refractivity contribution is 5.79. The van der Waals surface area contributed by atoms with Crippen molar-refractivity contribution in [3.63, 3.8) is 0 Å². The first kappa shape index (κ1) is 12.4. The molecule has 2 aromatic rings. The fourth-order valence-electron chi connectivity index (χ4n) is 1.61. The second kappa shape index (κ2) is 5.53. The SMILES string of the molecule is CCCC(=O)Cc1nc(-c2cccc(F)c2)no1. The van der Waals surface area contributed by atoms with Gasteiger partial charge in [0.15, 0.2) is 0 Å². The van der Waals surface area contributed by atoms with Crippen molar-refractivity contribution in [2.45, 2.75) is 26.2 Å². The van der Waals surface area contributed by atoms with Gasteiger partial charge in [-0.3, -0.25) is 4.79 Å². The van der Waals surface area contributed by atoms with E-state index >= 15 is 0 Å². The second-order valence-corrected chi connectivity index (χ2v) is 3.99. The van der Waals surface area contributed by atoms with E-state index in [2.05, 4.69) is 10.1 Å². The van der Waals surface area contributed by atoms with Gasteiger partial charge in [0, 0.05) is 12.0 Å². The molecule has 0 aliphatic carbocycles. The Kier molecular flexibility index (Phi) is 3.82. The minimum Gasteiger partial charge on any atom is -0.339 e. The Balaban J connectivity index is 2.13. The summed E-state index contributed by atoms with van der Waals surface area (Å²) in [5.74, 6) is 0.273. The Bertz CT molecular complexity index is 551. The van der Waals surface area contributed by atoms with Gasteiger partial charge in [-0.15, -0.1) is 0 Å². The number of carbonyl (C=O) groups excluding carboxylic acids is 1. The van der Waals surface area contributed by atoms with Crippen molar-refractivity contribution >= 4 is 5.78 Å². The zero-order valence-electron chi connectivity index (χ0n) is 10.0.